The van der Waals surface area contributed by atoms with Gasteiger partial charge in [-0.05, 0) is 61.1 Å². The molecule has 1 unspecified atom stereocenters. The fourth-order valence-electron chi connectivity index (χ4n) is 5.18. The number of hydrogen-bond acceptors (Lipinski definition) is 3. The molecule has 1 fully saturated rings. The summed E-state index contributed by atoms with van der Waals surface area (Å²) in [5, 5.41) is 2.97. The topological polar surface area (TPSA) is 52.6 Å². The Morgan fingerprint density at radius 3 is 2.15 bits per heavy atom. The molecule has 5 heteroatoms. The summed E-state index contributed by atoms with van der Waals surface area (Å²) >= 11 is 0. The van der Waals surface area contributed by atoms with Crippen LogP contribution in [-0.4, -0.2) is 35.5 Å². The van der Waals surface area contributed by atoms with E-state index in [1.165, 1.54) is 16.0 Å². The Balaban J connectivity index is 1.42. The van der Waals surface area contributed by atoms with Crippen LogP contribution in [0.1, 0.15) is 47.2 Å². The molecule has 1 aliphatic carbocycles. The minimum absolute atomic E-state index is 0.0835. The van der Waals surface area contributed by atoms with E-state index in [-0.39, 0.29) is 24.6 Å². The molecule has 1 saturated heterocycles. The van der Waals surface area contributed by atoms with Crippen LogP contribution in [0.15, 0.2) is 78.9 Å². The van der Waals surface area contributed by atoms with Gasteiger partial charge in [0, 0.05) is 0 Å². The minimum Gasteiger partial charge on any atom is -0.319 e. The van der Waals surface area contributed by atoms with Crippen LogP contribution in [-0.2, 0) is 23.2 Å². The number of carbonyl (C=O) groups is 2. The van der Waals surface area contributed by atoms with Gasteiger partial charge in [-0.2, -0.15) is 0 Å². The van der Waals surface area contributed by atoms with E-state index >= 15 is 0 Å². The molecule has 3 aromatic carbocycles. The largest absolute Gasteiger partial charge is 0.326 e. The van der Waals surface area contributed by atoms with Crippen LogP contribution in [0.25, 0.3) is 0 Å². The molecule has 0 radical (unpaired) electrons. The third-order valence-electron chi connectivity index (χ3n) is 6.99. The van der Waals surface area contributed by atoms with Crippen LogP contribution in [0, 0.1) is 0 Å². The second kappa shape index (κ2) is 8.49. The van der Waals surface area contributed by atoms with Gasteiger partial charge in [-0.3, -0.25) is 9.69 Å². The van der Waals surface area contributed by atoms with Gasteiger partial charge in [-0.1, -0.05) is 78.9 Å². The summed E-state index contributed by atoms with van der Waals surface area (Å²) in [4.78, 5) is 30.0. The van der Waals surface area contributed by atoms with Gasteiger partial charge in [0.15, 0.2) is 0 Å². The predicted octanol–water partition coefficient (Wildman–Crippen LogP) is 4.62. The first-order chi connectivity index (χ1) is 16.0. The van der Waals surface area contributed by atoms with Crippen LogP contribution >= 0.6 is 0 Å². The van der Waals surface area contributed by atoms with Gasteiger partial charge in [0.05, 0.1) is 12.7 Å². The van der Waals surface area contributed by atoms with E-state index in [4.69, 9.17) is 0 Å². The van der Waals surface area contributed by atoms with Crippen molar-refractivity contribution in [2.75, 3.05) is 13.7 Å². The summed E-state index contributed by atoms with van der Waals surface area (Å²) < 4.78 is 0. The third-order valence-corrected chi connectivity index (χ3v) is 6.99. The number of aryl methyl sites for hydroxylation is 2. The molecule has 2 aliphatic rings. The first-order valence-electron chi connectivity index (χ1n) is 11.5. The smallest absolute Gasteiger partial charge is 0.319 e. The van der Waals surface area contributed by atoms with E-state index < -0.39 is 5.54 Å². The van der Waals surface area contributed by atoms with Crippen LogP contribution in [0.5, 0.6) is 0 Å². The first-order valence-corrected chi connectivity index (χ1v) is 11.5. The number of benzene rings is 3. The molecule has 0 saturated carbocycles. The molecular weight excluding hydrogens is 410 g/mol. The second-order valence-electron chi connectivity index (χ2n) is 9.25. The lowest BCUT2D eigenvalue weighted by molar-refractivity contribution is -0.132. The van der Waals surface area contributed by atoms with Crippen molar-refractivity contribution in [2.45, 2.75) is 37.8 Å². The normalized spacial score (nSPS) is 19.9. The molecule has 5 rings (SSSR count). The number of amides is 3. The highest BCUT2D eigenvalue weighted by atomic mass is 16.2. The van der Waals surface area contributed by atoms with Crippen LogP contribution < -0.4 is 5.32 Å². The molecule has 5 nitrogen and oxygen atoms in total. The number of nitrogens with one attached hydrogen (secondary N) is 1. The second-order valence-corrected chi connectivity index (χ2v) is 9.25. The highest BCUT2D eigenvalue weighted by Crippen LogP contribution is 2.34. The van der Waals surface area contributed by atoms with Crippen molar-refractivity contribution in [3.05, 3.63) is 107 Å². The number of nitrogens with zero attached hydrogens (tertiary/aromatic N) is 2. The van der Waals surface area contributed by atoms with Gasteiger partial charge in [0.1, 0.15) is 5.54 Å². The molecule has 168 valence electrons. The van der Waals surface area contributed by atoms with Crippen molar-refractivity contribution in [1.82, 2.24) is 15.1 Å². The van der Waals surface area contributed by atoms with Crippen molar-refractivity contribution in [1.29, 1.82) is 0 Å². The highest BCUT2D eigenvalue weighted by Gasteiger charge is 2.49. The van der Waals surface area contributed by atoms with Crippen LogP contribution in [0.3, 0.4) is 0 Å². The number of rotatable bonds is 6. The third kappa shape index (κ3) is 3.83. The molecule has 1 aliphatic heterocycles. The highest BCUT2D eigenvalue weighted by molar-refractivity contribution is 6.07. The molecule has 3 aromatic rings. The van der Waals surface area contributed by atoms with Crippen LogP contribution in [0.4, 0.5) is 4.79 Å². The first kappa shape index (κ1) is 21.4. The van der Waals surface area contributed by atoms with Crippen molar-refractivity contribution in [3.8, 4) is 0 Å². The Hall–Kier alpha value is -3.44. The Kier molecular flexibility index (Phi) is 5.51. The van der Waals surface area contributed by atoms with Crippen LogP contribution in [0.2, 0.25) is 0 Å². The monoisotopic (exact) mass is 439 g/mol. The summed E-state index contributed by atoms with van der Waals surface area (Å²) in [7, 11) is 1.95. The molecule has 1 heterocycles. The molecule has 0 aromatic heterocycles. The lowest BCUT2D eigenvalue weighted by Crippen LogP contribution is -2.44. The summed E-state index contributed by atoms with van der Waals surface area (Å²) in [5.74, 6) is -0.211. The number of hydrogen-bond donors (Lipinski definition) is 1. The maximum atomic E-state index is 13.6. The average molecular weight is 440 g/mol. The van der Waals surface area contributed by atoms with Gasteiger partial charge in [0.25, 0.3) is 5.91 Å². The van der Waals surface area contributed by atoms with Gasteiger partial charge >= 0.3 is 6.03 Å². The maximum Gasteiger partial charge on any atom is 0.326 e. The molecule has 3 amide bonds. The van der Waals surface area contributed by atoms with Crippen molar-refractivity contribution >= 4 is 11.9 Å². The zero-order chi connectivity index (χ0) is 23.0. The fourth-order valence-corrected chi connectivity index (χ4v) is 5.18. The lowest BCUT2D eigenvalue weighted by atomic mass is 9.90. The van der Waals surface area contributed by atoms with Crippen molar-refractivity contribution in [3.63, 3.8) is 0 Å². The van der Waals surface area contributed by atoms with E-state index in [1.54, 1.807) is 0 Å². The van der Waals surface area contributed by atoms with Gasteiger partial charge in [-0.15, -0.1) is 0 Å². The summed E-state index contributed by atoms with van der Waals surface area (Å²) in [5.41, 5.74) is 4.67. The van der Waals surface area contributed by atoms with Crippen molar-refractivity contribution < 1.29 is 9.59 Å². The SMILES string of the molecule is CN(CN1C(=O)NC(C)(c2ccc3c(c2)CCC3)C1=O)C(c1ccccc1)c1ccccc1. The predicted molar refractivity (Wildman–Crippen MR) is 129 cm³/mol. The molecule has 1 N–H and O–H groups in total. The number of imide groups is 1. The maximum absolute atomic E-state index is 13.6. The standard InChI is InChI=1S/C28H29N3O2/c1-28(24-17-16-20-14-9-15-23(20)18-24)26(32)31(27(33)29-28)19-30(2)25(21-10-5-3-6-11-21)22-12-7-4-8-13-22/h3-8,10-13,16-18,25H,9,14-15,19H2,1-2H3,(H,29,33). The van der Waals surface area contributed by atoms with E-state index in [1.807, 2.05) is 56.4 Å². The molecule has 1 atom stereocenters. The van der Waals surface area contributed by atoms with Gasteiger partial charge in [0.2, 0.25) is 0 Å². The molecular formula is C28H29N3O2. The van der Waals surface area contributed by atoms with Crippen molar-refractivity contribution in [2.24, 2.45) is 0 Å². The molecule has 33 heavy (non-hydrogen) atoms. The quantitative estimate of drug-likeness (QED) is 0.570. The molecule has 0 spiro atoms. The molecule has 0 bridgehead atoms. The number of urea groups is 1. The van der Waals surface area contributed by atoms with E-state index in [9.17, 15) is 9.59 Å². The summed E-state index contributed by atoms with van der Waals surface area (Å²) in [6, 6.07) is 26.1. The Labute approximate surface area is 195 Å². The Morgan fingerprint density at radius 1 is 0.909 bits per heavy atom. The Bertz CT molecular complexity index is 1140. The summed E-state index contributed by atoms with van der Waals surface area (Å²) in [6.45, 7) is 2.01. The Morgan fingerprint density at radius 2 is 1.52 bits per heavy atom. The zero-order valence-corrected chi connectivity index (χ0v) is 19.1. The lowest BCUT2D eigenvalue weighted by Gasteiger charge is -2.32. The summed E-state index contributed by atoms with van der Waals surface area (Å²) in [6.07, 6.45) is 3.26. The van der Waals surface area contributed by atoms with Gasteiger partial charge < -0.3 is 5.32 Å². The van der Waals surface area contributed by atoms with E-state index in [0.717, 1.165) is 36.0 Å². The fraction of sp³-hybridized carbons (Fsp3) is 0.286. The number of fused-ring (bicyclic) bond motifs is 1. The number of carbonyl (C=O) groups excluding carboxylic acids is 2. The van der Waals surface area contributed by atoms with E-state index in [0.29, 0.717) is 0 Å². The van der Waals surface area contributed by atoms with Gasteiger partial charge in [-0.25, -0.2) is 9.69 Å². The average Bonchev–Trinajstić information content (AvgIpc) is 3.39. The zero-order valence-electron chi connectivity index (χ0n) is 19.1. The van der Waals surface area contributed by atoms with E-state index in [2.05, 4.69) is 46.6 Å². The minimum atomic E-state index is -1.05.